The fraction of sp³-hybridized carbons (Fsp3) is 0.389. The van der Waals surface area contributed by atoms with E-state index in [0.717, 1.165) is 11.3 Å². The Kier molecular flexibility index (Phi) is 5.16. The maximum Gasteiger partial charge on any atom is 0.266 e. The molecule has 0 aliphatic heterocycles. The van der Waals surface area contributed by atoms with Crippen molar-refractivity contribution < 1.29 is 13.2 Å². The van der Waals surface area contributed by atoms with E-state index in [1.54, 1.807) is 26.1 Å². The number of amides is 1. The number of rotatable bonds is 4. The molecule has 0 radical (unpaired) electrons. The van der Waals surface area contributed by atoms with Gasteiger partial charge in [0.2, 0.25) is 15.9 Å². The lowest BCUT2D eigenvalue weighted by atomic mass is 9.93. The number of nitrogens with zero attached hydrogens (tertiary/aromatic N) is 2. The summed E-state index contributed by atoms with van der Waals surface area (Å²) in [6.45, 7) is 3.08. The Morgan fingerprint density at radius 2 is 2.04 bits per heavy atom. The molecule has 1 atom stereocenters. The summed E-state index contributed by atoms with van der Waals surface area (Å²) in [6, 6.07) is 5.89. The molecule has 0 fully saturated rings. The Morgan fingerprint density at radius 3 is 2.70 bits per heavy atom. The van der Waals surface area contributed by atoms with Crippen LogP contribution < -0.4 is 15.6 Å². The molecule has 1 aliphatic carbocycles. The van der Waals surface area contributed by atoms with Crippen LogP contribution in [0.4, 0.5) is 5.69 Å². The highest BCUT2D eigenvalue weighted by molar-refractivity contribution is 7.89. The summed E-state index contributed by atoms with van der Waals surface area (Å²) < 4.78 is 29.6. The first-order valence-corrected chi connectivity index (χ1v) is 10.1. The summed E-state index contributed by atoms with van der Waals surface area (Å²) in [6.07, 6.45) is 1.65. The number of hydrogen-bond donors (Lipinski definition) is 2. The van der Waals surface area contributed by atoms with Crippen molar-refractivity contribution in [2.45, 2.75) is 44.0 Å². The van der Waals surface area contributed by atoms with Crippen LogP contribution in [0.3, 0.4) is 0 Å². The van der Waals surface area contributed by atoms with E-state index in [4.69, 9.17) is 0 Å². The van der Waals surface area contributed by atoms with E-state index in [9.17, 15) is 18.0 Å². The van der Waals surface area contributed by atoms with Gasteiger partial charge in [0.1, 0.15) is 0 Å². The molecule has 144 valence electrons. The van der Waals surface area contributed by atoms with Crippen molar-refractivity contribution in [2.24, 2.45) is 7.05 Å². The number of carbonyl (C=O) groups is 1. The third kappa shape index (κ3) is 4.25. The number of nitrogens with one attached hydrogen (secondary N) is 2. The largest absolute Gasteiger partial charge is 0.326 e. The van der Waals surface area contributed by atoms with E-state index in [0.29, 0.717) is 30.5 Å². The lowest BCUT2D eigenvalue weighted by molar-refractivity contribution is -0.114. The summed E-state index contributed by atoms with van der Waals surface area (Å²) >= 11 is 0. The standard InChI is InChI=1S/C18H22N4O4S/c1-11-8-14(19-12(2)23)5-7-17(11)27(25,26)21-15-4-6-16-13(9-15)10-18(24)22(3)20-16/h5,7-8,10,15,21H,4,6,9H2,1-3H3,(H,19,23). The maximum absolute atomic E-state index is 12.8. The molecule has 1 amide bonds. The SMILES string of the molecule is CC(=O)Nc1ccc(S(=O)(=O)NC2CCc3nn(C)c(=O)cc3C2)c(C)c1. The lowest BCUT2D eigenvalue weighted by Crippen LogP contribution is -2.40. The van der Waals surface area contributed by atoms with Crippen LogP contribution in [0.2, 0.25) is 0 Å². The van der Waals surface area contributed by atoms with Gasteiger partial charge in [-0.25, -0.2) is 17.8 Å². The Bertz CT molecular complexity index is 1060. The van der Waals surface area contributed by atoms with Crippen LogP contribution in [0.15, 0.2) is 34.0 Å². The van der Waals surface area contributed by atoms with Gasteiger partial charge in [0.05, 0.1) is 10.6 Å². The monoisotopic (exact) mass is 390 g/mol. The van der Waals surface area contributed by atoms with Crippen molar-refractivity contribution in [3.63, 3.8) is 0 Å². The molecule has 0 saturated carbocycles. The van der Waals surface area contributed by atoms with E-state index in [-0.39, 0.29) is 22.4 Å². The highest BCUT2D eigenvalue weighted by Crippen LogP contribution is 2.23. The first-order valence-electron chi connectivity index (χ1n) is 8.62. The molecule has 8 nitrogen and oxygen atoms in total. The zero-order chi connectivity index (χ0) is 19.8. The molecule has 2 N–H and O–H groups in total. The molecule has 9 heteroatoms. The molecule has 0 saturated heterocycles. The van der Waals surface area contributed by atoms with Gasteiger partial charge in [0.25, 0.3) is 5.56 Å². The predicted octanol–water partition coefficient (Wildman–Crippen LogP) is 0.883. The number of fused-ring (bicyclic) bond motifs is 1. The van der Waals surface area contributed by atoms with E-state index >= 15 is 0 Å². The average Bonchev–Trinajstić information content (AvgIpc) is 2.55. The van der Waals surface area contributed by atoms with Crippen LogP contribution in [-0.4, -0.2) is 30.1 Å². The first-order chi connectivity index (χ1) is 12.7. The topological polar surface area (TPSA) is 110 Å². The Balaban J connectivity index is 1.80. The molecule has 1 aliphatic rings. The normalized spacial score (nSPS) is 16.6. The molecular formula is C18H22N4O4S. The minimum atomic E-state index is -3.72. The van der Waals surface area contributed by atoms with E-state index in [1.807, 2.05) is 0 Å². The average molecular weight is 390 g/mol. The number of hydrogen-bond acceptors (Lipinski definition) is 5. The van der Waals surface area contributed by atoms with Crippen molar-refractivity contribution in [3.05, 3.63) is 51.4 Å². The van der Waals surface area contributed by atoms with Gasteiger partial charge < -0.3 is 5.32 Å². The quantitative estimate of drug-likeness (QED) is 0.805. The summed E-state index contributed by atoms with van der Waals surface area (Å²) in [5.41, 5.74) is 2.51. The van der Waals surface area contributed by atoms with Gasteiger partial charge in [-0.1, -0.05) is 0 Å². The maximum atomic E-state index is 12.8. The zero-order valence-corrected chi connectivity index (χ0v) is 16.3. The van der Waals surface area contributed by atoms with Gasteiger partial charge in [-0.05, 0) is 55.5 Å². The van der Waals surface area contributed by atoms with Crippen LogP contribution in [0.25, 0.3) is 0 Å². The minimum absolute atomic E-state index is 0.171. The highest BCUT2D eigenvalue weighted by atomic mass is 32.2. The predicted molar refractivity (Wildman–Crippen MR) is 101 cm³/mol. The van der Waals surface area contributed by atoms with Gasteiger partial charge >= 0.3 is 0 Å². The molecule has 1 heterocycles. The van der Waals surface area contributed by atoms with Crippen LogP contribution in [-0.2, 0) is 34.7 Å². The van der Waals surface area contributed by atoms with Crippen molar-refractivity contribution >= 4 is 21.6 Å². The van der Waals surface area contributed by atoms with E-state index in [1.165, 1.54) is 23.7 Å². The number of anilines is 1. The van der Waals surface area contributed by atoms with Crippen molar-refractivity contribution in [2.75, 3.05) is 5.32 Å². The lowest BCUT2D eigenvalue weighted by Gasteiger charge is -2.25. The summed E-state index contributed by atoms with van der Waals surface area (Å²) in [5, 5.41) is 6.88. The smallest absolute Gasteiger partial charge is 0.266 e. The molecule has 27 heavy (non-hydrogen) atoms. The van der Waals surface area contributed by atoms with Gasteiger partial charge in [0, 0.05) is 31.8 Å². The summed E-state index contributed by atoms with van der Waals surface area (Å²) in [4.78, 5) is 23.1. The van der Waals surface area contributed by atoms with Gasteiger partial charge in [-0.2, -0.15) is 5.10 Å². The Morgan fingerprint density at radius 1 is 1.30 bits per heavy atom. The molecule has 0 spiro atoms. The van der Waals surface area contributed by atoms with Gasteiger partial charge in [-0.15, -0.1) is 0 Å². The third-order valence-electron chi connectivity index (χ3n) is 4.56. The molecule has 1 aromatic heterocycles. The van der Waals surface area contributed by atoms with Gasteiger partial charge in [0.15, 0.2) is 0 Å². The van der Waals surface area contributed by atoms with Crippen LogP contribution >= 0.6 is 0 Å². The second-order valence-electron chi connectivity index (χ2n) is 6.80. The van der Waals surface area contributed by atoms with E-state index < -0.39 is 10.0 Å². The zero-order valence-electron chi connectivity index (χ0n) is 15.4. The molecule has 0 bridgehead atoms. The van der Waals surface area contributed by atoms with Crippen molar-refractivity contribution in [1.29, 1.82) is 0 Å². The second-order valence-corrected chi connectivity index (χ2v) is 8.48. The van der Waals surface area contributed by atoms with E-state index in [2.05, 4.69) is 15.1 Å². The first kappa shape index (κ1) is 19.2. The Hall–Kier alpha value is -2.52. The molecule has 3 rings (SSSR count). The third-order valence-corrected chi connectivity index (χ3v) is 6.24. The van der Waals surface area contributed by atoms with Crippen LogP contribution in [0, 0.1) is 6.92 Å². The number of sulfonamides is 1. The fourth-order valence-electron chi connectivity index (χ4n) is 3.30. The highest BCUT2D eigenvalue weighted by Gasteiger charge is 2.26. The fourth-order valence-corrected chi connectivity index (χ4v) is 4.80. The number of aryl methyl sites for hydroxylation is 3. The van der Waals surface area contributed by atoms with Gasteiger partial charge in [-0.3, -0.25) is 9.59 Å². The van der Waals surface area contributed by atoms with Crippen LogP contribution in [0.1, 0.15) is 30.2 Å². The summed E-state index contributed by atoms with van der Waals surface area (Å²) in [5.74, 6) is -0.219. The minimum Gasteiger partial charge on any atom is -0.326 e. The second kappa shape index (κ2) is 7.24. The number of benzene rings is 1. The molecule has 1 aromatic carbocycles. The molecule has 1 unspecified atom stereocenters. The van der Waals surface area contributed by atoms with Crippen LogP contribution in [0.5, 0.6) is 0 Å². The summed E-state index contributed by atoms with van der Waals surface area (Å²) in [7, 11) is -2.12. The van der Waals surface area contributed by atoms with Crippen molar-refractivity contribution in [3.8, 4) is 0 Å². The van der Waals surface area contributed by atoms with Crippen molar-refractivity contribution in [1.82, 2.24) is 14.5 Å². The molecule has 2 aromatic rings. The number of aromatic nitrogens is 2. The Labute approximate surface area is 157 Å². The molecular weight excluding hydrogens is 368 g/mol. The number of carbonyl (C=O) groups excluding carboxylic acids is 1.